The summed E-state index contributed by atoms with van der Waals surface area (Å²) in [5.41, 5.74) is 4.11. The Balaban J connectivity index is 1.82. The molecule has 0 heterocycles. The molecule has 148 valence electrons. The third-order valence-corrected chi connectivity index (χ3v) is 5.19. The van der Waals surface area contributed by atoms with Crippen LogP contribution in [0.3, 0.4) is 0 Å². The highest BCUT2D eigenvalue weighted by molar-refractivity contribution is 7.92. The molecule has 2 aromatic rings. The zero-order chi connectivity index (χ0) is 20.0. The lowest BCUT2D eigenvalue weighted by Crippen LogP contribution is -2.35. The number of hydrogen-bond donors (Lipinski definition) is 1. The van der Waals surface area contributed by atoms with Crippen LogP contribution < -0.4 is 9.46 Å². The van der Waals surface area contributed by atoms with Gasteiger partial charge in [0, 0.05) is 18.3 Å². The first-order valence-electron chi connectivity index (χ1n) is 9.11. The molecule has 0 bridgehead atoms. The molecule has 0 aliphatic rings. The molecule has 0 spiro atoms. The van der Waals surface area contributed by atoms with Gasteiger partial charge in [-0.1, -0.05) is 24.3 Å². The number of likely N-dealkylation sites (N-methyl/N-ethyl adjacent to an activating group) is 1. The van der Waals surface area contributed by atoms with E-state index in [1.165, 1.54) is 11.1 Å². The molecule has 0 radical (unpaired) electrons. The summed E-state index contributed by atoms with van der Waals surface area (Å²) < 4.78 is 31.0. The van der Waals surface area contributed by atoms with Gasteiger partial charge in [0.15, 0.2) is 0 Å². The fourth-order valence-corrected chi connectivity index (χ4v) is 3.24. The van der Waals surface area contributed by atoms with E-state index in [1.807, 2.05) is 12.1 Å². The van der Waals surface area contributed by atoms with Crippen molar-refractivity contribution in [1.29, 1.82) is 0 Å². The normalized spacial score (nSPS) is 12.8. The van der Waals surface area contributed by atoms with E-state index in [1.54, 1.807) is 12.1 Å². The maximum atomic E-state index is 11.2. The minimum atomic E-state index is -3.23. The average molecular weight is 391 g/mol. The fourth-order valence-electron chi connectivity index (χ4n) is 2.68. The zero-order valence-corrected chi connectivity index (χ0v) is 17.6. The van der Waals surface area contributed by atoms with E-state index in [0.29, 0.717) is 12.3 Å². The number of nitrogens with zero attached hydrogens (tertiary/aromatic N) is 1. The van der Waals surface area contributed by atoms with Crippen LogP contribution in [0.2, 0.25) is 0 Å². The number of anilines is 1. The predicted octanol–water partition coefficient (Wildman–Crippen LogP) is 3.62. The number of hydrogen-bond acceptors (Lipinski definition) is 4. The summed E-state index contributed by atoms with van der Waals surface area (Å²) in [4.78, 5) is 2.27. The molecule has 2 rings (SSSR count). The largest absolute Gasteiger partial charge is 0.492 e. The third kappa shape index (κ3) is 7.23. The maximum Gasteiger partial charge on any atom is 0.229 e. The van der Waals surface area contributed by atoms with E-state index >= 15 is 0 Å². The Kier molecular flexibility index (Phi) is 7.27. The molecule has 0 amide bonds. The molecule has 0 aliphatic carbocycles. The highest BCUT2D eigenvalue weighted by Gasteiger charge is 2.11. The third-order valence-electron chi connectivity index (χ3n) is 4.59. The first kappa shape index (κ1) is 21.3. The van der Waals surface area contributed by atoms with Gasteiger partial charge in [0.2, 0.25) is 10.0 Å². The minimum absolute atomic E-state index is 0.288. The second-order valence-electron chi connectivity index (χ2n) is 7.23. The Morgan fingerprint density at radius 2 is 1.78 bits per heavy atom. The molecular weight excluding hydrogens is 360 g/mol. The molecule has 6 heteroatoms. The van der Waals surface area contributed by atoms with E-state index in [0.717, 1.165) is 30.5 Å². The summed E-state index contributed by atoms with van der Waals surface area (Å²) in [7, 11) is -1.14. The number of benzene rings is 2. The topological polar surface area (TPSA) is 58.6 Å². The summed E-state index contributed by atoms with van der Waals surface area (Å²) >= 11 is 0. The number of sulfonamides is 1. The van der Waals surface area contributed by atoms with E-state index in [9.17, 15) is 8.42 Å². The Bertz CT molecular complexity index is 848. The molecule has 0 aromatic heterocycles. The Hall–Kier alpha value is -2.05. The van der Waals surface area contributed by atoms with E-state index in [-0.39, 0.29) is 6.04 Å². The number of ether oxygens (including phenoxy) is 1. The number of aryl methyl sites for hydroxylation is 2. The van der Waals surface area contributed by atoms with Crippen LogP contribution in [-0.2, 0) is 16.4 Å². The van der Waals surface area contributed by atoms with Crippen LogP contribution in [0.4, 0.5) is 5.69 Å². The SMILES string of the molecule is Cc1ccc(C)c(OCC(C)N(C)CCc2ccc(NS(C)(=O)=O)cc2)c1. The van der Waals surface area contributed by atoms with Crippen LogP contribution in [0.25, 0.3) is 0 Å². The van der Waals surface area contributed by atoms with Crippen molar-refractivity contribution in [1.82, 2.24) is 4.90 Å². The Morgan fingerprint density at radius 3 is 2.41 bits per heavy atom. The van der Waals surface area contributed by atoms with Gasteiger partial charge in [-0.15, -0.1) is 0 Å². The molecule has 0 aliphatic heterocycles. The van der Waals surface area contributed by atoms with Crippen LogP contribution >= 0.6 is 0 Å². The van der Waals surface area contributed by atoms with Gasteiger partial charge < -0.3 is 4.74 Å². The van der Waals surface area contributed by atoms with Gasteiger partial charge in [-0.3, -0.25) is 9.62 Å². The molecule has 0 saturated carbocycles. The molecule has 5 nitrogen and oxygen atoms in total. The van der Waals surface area contributed by atoms with Crippen LogP contribution in [-0.4, -0.2) is 45.8 Å². The monoisotopic (exact) mass is 390 g/mol. The van der Waals surface area contributed by atoms with Gasteiger partial charge in [0.1, 0.15) is 12.4 Å². The molecule has 27 heavy (non-hydrogen) atoms. The maximum absolute atomic E-state index is 11.2. The van der Waals surface area contributed by atoms with Crippen molar-refractivity contribution in [2.45, 2.75) is 33.2 Å². The van der Waals surface area contributed by atoms with Crippen LogP contribution in [0.15, 0.2) is 42.5 Å². The van der Waals surface area contributed by atoms with Crippen LogP contribution in [0.1, 0.15) is 23.6 Å². The Morgan fingerprint density at radius 1 is 1.11 bits per heavy atom. The van der Waals surface area contributed by atoms with Gasteiger partial charge in [-0.25, -0.2) is 8.42 Å². The quantitative estimate of drug-likeness (QED) is 0.710. The second-order valence-corrected chi connectivity index (χ2v) is 8.98. The summed E-state index contributed by atoms with van der Waals surface area (Å²) in [5.74, 6) is 0.948. The highest BCUT2D eigenvalue weighted by Crippen LogP contribution is 2.19. The lowest BCUT2D eigenvalue weighted by Gasteiger charge is -2.25. The molecule has 1 atom stereocenters. The van der Waals surface area contributed by atoms with Crippen molar-refractivity contribution in [3.05, 3.63) is 59.2 Å². The molecule has 2 aromatic carbocycles. The number of rotatable bonds is 9. The number of nitrogens with one attached hydrogen (secondary N) is 1. The van der Waals surface area contributed by atoms with Crippen LogP contribution in [0.5, 0.6) is 5.75 Å². The van der Waals surface area contributed by atoms with E-state index in [2.05, 4.69) is 55.6 Å². The lowest BCUT2D eigenvalue weighted by atomic mass is 10.1. The summed E-state index contributed by atoms with van der Waals surface area (Å²) in [6.45, 7) is 7.82. The van der Waals surface area contributed by atoms with Crippen molar-refractivity contribution < 1.29 is 13.2 Å². The first-order valence-corrected chi connectivity index (χ1v) is 11.0. The summed E-state index contributed by atoms with van der Waals surface area (Å²) in [5, 5.41) is 0. The summed E-state index contributed by atoms with van der Waals surface area (Å²) in [6, 6.07) is 14.0. The second kappa shape index (κ2) is 9.24. The van der Waals surface area contributed by atoms with Crippen LogP contribution in [0, 0.1) is 13.8 Å². The van der Waals surface area contributed by atoms with E-state index in [4.69, 9.17) is 4.74 Å². The van der Waals surface area contributed by atoms with Crippen molar-refractivity contribution in [3.63, 3.8) is 0 Å². The van der Waals surface area contributed by atoms with Crippen molar-refractivity contribution in [2.24, 2.45) is 0 Å². The van der Waals surface area contributed by atoms with Gasteiger partial charge in [0.05, 0.1) is 6.26 Å². The first-order chi connectivity index (χ1) is 12.6. The van der Waals surface area contributed by atoms with E-state index < -0.39 is 10.0 Å². The van der Waals surface area contributed by atoms with Crippen molar-refractivity contribution in [2.75, 3.05) is 31.2 Å². The van der Waals surface area contributed by atoms with Gasteiger partial charge >= 0.3 is 0 Å². The fraction of sp³-hybridized carbons (Fsp3) is 0.429. The summed E-state index contributed by atoms with van der Waals surface area (Å²) in [6.07, 6.45) is 2.04. The highest BCUT2D eigenvalue weighted by atomic mass is 32.2. The Labute approximate surface area is 163 Å². The zero-order valence-electron chi connectivity index (χ0n) is 16.8. The smallest absolute Gasteiger partial charge is 0.229 e. The minimum Gasteiger partial charge on any atom is -0.492 e. The standard InChI is InChI=1S/C21H30N2O3S/c1-16-6-7-17(2)21(14-16)26-15-18(3)23(4)13-12-19-8-10-20(11-9-19)22-27(5,24)25/h6-11,14,18,22H,12-13,15H2,1-5H3. The molecular formula is C21H30N2O3S. The van der Waals surface area contributed by atoms with Gasteiger partial charge in [-0.2, -0.15) is 0 Å². The van der Waals surface area contributed by atoms with Crippen molar-refractivity contribution in [3.8, 4) is 5.75 Å². The van der Waals surface area contributed by atoms with Crippen molar-refractivity contribution >= 4 is 15.7 Å². The predicted molar refractivity (Wildman–Crippen MR) is 112 cm³/mol. The molecule has 0 fully saturated rings. The average Bonchev–Trinajstić information content (AvgIpc) is 2.60. The molecule has 1 unspecified atom stereocenters. The molecule has 0 saturated heterocycles. The van der Waals surface area contributed by atoms with Gasteiger partial charge in [-0.05, 0) is 69.1 Å². The lowest BCUT2D eigenvalue weighted by molar-refractivity contribution is 0.174. The molecule has 1 N–H and O–H groups in total. The van der Waals surface area contributed by atoms with Gasteiger partial charge in [0.25, 0.3) is 0 Å².